The van der Waals surface area contributed by atoms with Crippen molar-refractivity contribution in [2.75, 3.05) is 5.75 Å². The van der Waals surface area contributed by atoms with E-state index in [9.17, 15) is 17.6 Å². The van der Waals surface area contributed by atoms with E-state index in [1.807, 2.05) is 0 Å². The molecule has 0 radical (unpaired) electrons. The number of rotatable bonds is 3. The number of benzene rings is 1. The van der Waals surface area contributed by atoms with Crippen LogP contribution in [0.5, 0.6) is 0 Å². The molecule has 2 rings (SSSR count). The maximum absolute atomic E-state index is 12.7. The van der Waals surface area contributed by atoms with Crippen molar-refractivity contribution in [3.05, 3.63) is 30.1 Å². The Morgan fingerprint density at radius 2 is 1.88 bits per heavy atom. The summed E-state index contributed by atoms with van der Waals surface area (Å²) in [6.45, 7) is 0. The van der Waals surface area contributed by atoms with Crippen molar-refractivity contribution in [3.8, 4) is 0 Å². The predicted molar refractivity (Wildman–Crippen MR) is 60.8 cm³/mol. The molecule has 1 unspecified atom stereocenters. The number of hydrogen-bond donors (Lipinski definition) is 0. The molecule has 1 atom stereocenters. The molecule has 92 valence electrons. The molecular weight excluding hydrogens is 243 g/mol. The minimum Gasteiger partial charge on any atom is -0.300 e. The zero-order valence-electron chi connectivity index (χ0n) is 9.23. The zero-order chi connectivity index (χ0) is 12.5. The molecule has 0 spiro atoms. The van der Waals surface area contributed by atoms with Crippen LogP contribution in [0.2, 0.25) is 0 Å². The molecule has 0 N–H and O–H groups in total. The number of carbonyl (C=O) groups excluding carboxylic acids is 1. The van der Waals surface area contributed by atoms with Gasteiger partial charge in [-0.25, -0.2) is 12.8 Å². The molecule has 0 amide bonds. The molecule has 1 saturated carbocycles. The number of Topliss-reactive ketones (excluding diaryl/α,β-unsaturated/α-hetero) is 1. The number of hydrogen-bond acceptors (Lipinski definition) is 3. The lowest BCUT2D eigenvalue weighted by molar-refractivity contribution is -0.117. The van der Waals surface area contributed by atoms with Gasteiger partial charge in [0.1, 0.15) is 11.6 Å². The van der Waals surface area contributed by atoms with E-state index in [0.29, 0.717) is 19.3 Å². The molecule has 0 aromatic heterocycles. The first kappa shape index (κ1) is 12.2. The Kier molecular flexibility index (Phi) is 3.28. The summed E-state index contributed by atoms with van der Waals surface area (Å²) in [5.41, 5.74) is 0. The number of ketones is 1. The fraction of sp³-hybridized carbons (Fsp3) is 0.417. The highest BCUT2D eigenvalue weighted by Gasteiger charge is 2.27. The van der Waals surface area contributed by atoms with Gasteiger partial charge in [0.15, 0.2) is 9.84 Å². The van der Waals surface area contributed by atoms with E-state index in [-0.39, 0.29) is 22.3 Å². The lowest BCUT2D eigenvalue weighted by Crippen LogP contribution is -2.14. The lowest BCUT2D eigenvalue weighted by atomic mass is 10.1. The number of halogens is 1. The van der Waals surface area contributed by atoms with Crippen LogP contribution < -0.4 is 0 Å². The summed E-state index contributed by atoms with van der Waals surface area (Å²) in [6, 6.07) is 4.79. The predicted octanol–water partition coefficient (Wildman–Crippen LogP) is 1.97. The summed E-state index contributed by atoms with van der Waals surface area (Å²) >= 11 is 0. The van der Waals surface area contributed by atoms with Crippen LogP contribution in [-0.4, -0.2) is 20.0 Å². The summed E-state index contributed by atoms with van der Waals surface area (Å²) in [4.78, 5) is 11.2. The van der Waals surface area contributed by atoms with Crippen molar-refractivity contribution in [1.29, 1.82) is 0 Å². The summed E-state index contributed by atoms with van der Waals surface area (Å²) in [5.74, 6) is -0.438. The molecular formula is C12H13FO3S. The summed E-state index contributed by atoms with van der Waals surface area (Å²) in [6.07, 6.45) is 1.46. The van der Waals surface area contributed by atoms with E-state index >= 15 is 0 Å². The maximum Gasteiger partial charge on any atom is 0.178 e. The standard InChI is InChI=1S/C12H13FO3S/c13-10-2-5-12(6-3-10)17(15,16)8-9-1-4-11(14)7-9/h2-3,5-6,9H,1,4,7-8H2. The van der Waals surface area contributed by atoms with Crippen molar-refractivity contribution in [2.24, 2.45) is 5.92 Å². The van der Waals surface area contributed by atoms with E-state index in [1.54, 1.807) is 0 Å². The number of sulfone groups is 1. The van der Waals surface area contributed by atoms with Crippen LogP contribution in [0.3, 0.4) is 0 Å². The quantitative estimate of drug-likeness (QED) is 0.777. The second-order valence-electron chi connectivity index (χ2n) is 4.38. The second-order valence-corrected chi connectivity index (χ2v) is 6.42. The first-order valence-electron chi connectivity index (χ1n) is 5.47. The molecule has 0 saturated heterocycles. The van der Waals surface area contributed by atoms with Gasteiger partial charge in [-0.3, -0.25) is 4.79 Å². The Labute approximate surface area is 99.6 Å². The molecule has 5 heteroatoms. The van der Waals surface area contributed by atoms with E-state index in [1.165, 1.54) is 12.1 Å². The Bertz CT molecular complexity index is 519. The van der Waals surface area contributed by atoms with E-state index in [4.69, 9.17) is 0 Å². The van der Waals surface area contributed by atoms with Gasteiger partial charge in [0, 0.05) is 12.8 Å². The molecule has 17 heavy (non-hydrogen) atoms. The van der Waals surface area contributed by atoms with Crippen molar-refractivity contribution in [2.45, 2.75) is 24.2 Å². The van der Waals surface area contributed by atoms with Gasteiger partial charge in [-0.15, -0.1) is 0 Å². The van der Waals surface area contributed by atoms with Crippen molar-refractivity contribution in [3.63, 3.8) is 0 Å². The highest BCUT2D eigenvalue weighted by Crippen LogP contribution is 2.26. The SMILES string of the molecule is O=C1CCC(CS(=O)(=O)c2ccc(F)cc2)C1. The highest BCUT2D eigenvalue weighted by molar-refractivity contribution is 7.91. The molecule has 0 bridgehead atoms. The molecule has 1 aromatic carbocycles. The Morgan fingerprint density at radius 3 is 2.41 bits per heavy atom. The molecule has 1 fully saturated rings. The van der Waals surface area contributed by atoms with Crippen molar-refractivity contribution in [1.82, 2.24) is 0 Å². The van der Waals surface area contributed by atoms with Gasteiger partial charge >= 0.3 is 0 Å². The summed E-state index contributed by atoms with van der Waals surface area (Å²) < 4.78 is 36.6. The largest absolute Gasteiger partial charge is 0.300 e. The van der Waals surface area contributed by atoms with E-state index in [0.717, 1.165) is 12.1 Å². The maximum atomic E-state index is 12.7. The lowest BCUT2D eigenvalue weighted by Gasteiger charge is -2.09. The summed E-state index contributed by atoms with van der Waals surface area (Å²) in [7, 11) is -3.40. The van der Waals surface area contributed by atoms with Crippen LogP contribution in [0.1, 0.15) is 19.3 Å². The molecule has 3 nitrogen and oxygen atoms in total. The molecule has 1 aliphatic rings. The van der Waals surface area contributed by atoms with E-state index < -0.39 is 15.7 Å². The van der Waals surface area contributed by atoms with Gasteiger partial charge in [0.05, 0.1) is 10.6 Å². The van der Waals surface area contributed by atoms with Gasteiger partial charge in [-0.1, -0.05) is 0 Å². The Balaban J connectivity index is 2.14. The first-order valence-corrected chi connectivity index (χ1v) is 7.12. The molecule has 1 aliphatic carbocycles. The van der Waals surface area contributed by atoms with Crippen molar-refractivity contribution >= 4 is 15.6 Å². The second kappa shape index (κ2) is 4.56. The van der Waals surface area contributed by atoms with Crippen LogP contribution >= 0.6 is 0 Å². The topological polar surface area (TPSA) is 51.2 Å². The summed E-state index contributed by atoms with van der Waals surface area (Å²) in [5, 5.41) is 0. The monoisotopic (exact) mass is 256 g/mol. The molecule has 0 aliphatic heterocycles. The van der Waals surface area contributed by atoms with Gasteiger partial charge < -0.3 is 0 Å². The number of carbonyl (C=O) groups is 1. The third-order valence-corrected chi connectivity index (χ3v) is 4.88. The van der Waals surface area contributed by atoms with Gasteiger partial charge in [-0.05, 0) is 36.6 Å². The third kappa shape index (κ3) is 2.91. The van der Waals surface area contributed by atoms with Crippen LogP contribution in [0.15, 0.2) is 29.2 Å². The van der Waals surface area contributed by atoms with Gasteiger partial charge in [0.2, 0.25) is 0 Å². The van der Waals surface area contributed by atoms with Crippen LogP contribution in [0.4, 0.5) is 4.39 Å². The molecule has 0 heterocycles. The Hall–Kier alpha value is -1.23. The average Bonchev–Trinajstić information content (AvgIpc) is 2.63. The van der Waals surface area contributed by atoms with E-state index in [2.05, 4.69) is 0 Å². The smallest absolute Gasteiger partial charge is 0.178 e. The van der Waals surface area contributed by atoms with Crippen LogP contribution in [0, 0.1) is 11.7 Å². The van der Waals surface area contributed by atoms with Crippen LogP contribution in [0.25, 0.3) is 0 Å². The van der Waals surface area contributed by atoms with Crippen LogP contribution in [-0.2, 0) is 14.6 Å². The van der Waals surface area contributed by atoms with Gasteiger partial charge in [-0.2, -0.15) is 0 Å². The third-order valence-electron chi connectivity index (χ3n) is 2.98. The minimum absolute atomic E-state index is 0.0234. The highest BCUT2D eigenvalue weighted by atomic mass is 32.2. The minimum atomic E-state index is -3.40. The normalized spacial score (nSPS) is 20.8. The zero-order valence-corrected chi connectivity index (χ0v) is 10.0. The van der Waals surface area contributed by atoms with Gasteiger partial charge in [0.25, 0.3) is 0 Å². The van der Waals surface area contributed by atoms with Crippen molar-refractivity contribution < 1.29 is 17.6 Å². The average molecular weight is 256 g/mol. The molecule has 1 aromatic rings. The first-order chi connectivity index (χ1) is 7.97. The fourth-order valence-electron chi connectivity index (χ4n) is 2.08. The fourth-order valence-corrected chi connectivity index (χ4v) is 3.73. The Morgan fingerprint density at radius 1 is 1.24 bits per heavy atom.